The molecule has 0 amide bonds. The molecule has 1 rings (SSSR count). The first-order valence-electron chi connectivity index (χ1n) is 5.22. The molecule has 1 aromatic rings. The number of hydrogen-bond donors (Lipinski definition) is 3. The normalized spacial score (nSPS) is 16.4. The molecule has 0 saturated carbocycles. The fraction of sp³-hybridized carbons (Fsp3) is 0.417. The average Bonchev–Trinajstić information content (AvgIpc) is 2.29. The van der Waals surface area contributed by atoms with E-state index in [1.807, 2.05) is 6.92 Å². The molecule has 0 aliphatic rings. The molecule has 3 N–H and O–H groups in total. The highest BCUT2D eigenvalue weighted by Crippen LogP contribution is 2.27. The third-order valence-corrected chi connectivity index (χ3v) is 2.58. The molecule has 2 atom stereocenters. The molecule has 88 valence electrons. The zero-order valence-corrected chi connectivity index (χ0v) is 9.13. The van der Waals surface area contributed by atoms with Crippen LogP contribution in [0.1, 0.15) is 25.3 Å². The van der Waals surface area contributed by atoms with E-state index in [4.69, 9.17) is 5.11 Å². The molecule has 0 aliphatic heterocycles. The number of carboxylic acid groups (broad SMARTS) is 1. The number of hydrogen-bond acceptors (Lipinski definition) is 3. The average molecular weight is 224 g/mol. The maximum atomic E-state index is 11.1. The quantitative estimate of drug-likeness (QED) is 0.700. The molecule has 0 radical (unpaired) electrons. The van der Waals surface area contributed by atoms with Crippen molar-refractivity contribution >= 4 is 5.97 Å². The second-order valence-corrected chi connectivity index (χ2v) is 3.74. The molecule has 0 unspecified atom stereocenters. The van der Waals surface area contributed by atoms with Crippen LogP contribution in [0.15, 0.2) is 30.3 Å². The lowest BCUT2D eigenvalue weighted by Crippen LogP contribution is -2.46. The van der Waals surface area contributed by atoms with Gasteiger partial charge in [0.2, 0.25) is 5.60 Å². The summed E-state index contributed by atoms with van der Waals surface area (Å²) < 4.78 is 0. The van der Waals surface area contributed by atoms with Crippen LogP contribution in [0.3, 0.4) is 0 Å². The van der Waals surface area contributed by atoms with Gasteiger partial charge in [-0.2, -0.15) is 0 Å². The summed E-state index contributed by atoms with van der Waals surface area (Å²) in [6.45, 7) is 1.82. The summed E-state index contributed by atoms with van der Waals surface area (Å²) in [5.74, 6) is -1.43. The summed E-state index contributed by atoms with van der Waals surface area (Å²) in [5.41, 5.74) is -2.03. The van der Waals surface area contributed by atoms with Crippen LogP contribution in [0.25, 0.3) is 0 Å². The molecule has 0 spiro atoms. The molecule has 0 bridgehead atoms. The zero-order valence-electron chi connectivity index (χ0n) is 9.13. The van der Waals surface area contributed by atoms with Gasteiger partial charge in [-0.05, 0) is 12.0 Å². The predicted octanol–water partition coefficient (Wildman–Crippen LogP) is 1.12. The van der Waals surface area contributed by atoms with Crippen molar-refractivity contribution in [3.05, 3.63) is 35.9 Å². The van der Waals surface area contributed by atoms with E-state index >= 15 is 0 Å². The molecule has 0 saturated heterocycles. The summed E-state index contributed by atoms with van der Waals surface area (Å²) >= 11 is 0. The van der Waals surface area contributed by atoms with Crippen LogP contribution in [0.4, 0.5) is 0 Å². The number of aliphatic hydroxyl groups is 2. The van der Waals surface area contributed by atoms with Gasteiger partial charge in [0.05, 0.1) is 6.10 Å². The second-order valence-electron chi connectivity index (χ2n) is 3.74. The Balaban J connectivity index is 3.12. The van der Waals surface area contributed by atoms with Crippen molar-refractivity contribution in [3.63, 3.8) is 0 Å². The first kappa shape index (κ1) is 12.7. The van der Waals surface area contributed by atoms with Gasteiger partial charge in [0.15, 0.2) is 0 Å². The lowest BCUT2D eigenvalue weighted by atomic mass is 9.86. The van der Waals surface area contributed by atoms with E-state index in [1.54, 1.807) is 18.2 Å². The van der Waals surface area contributed by atoms with Crippen molar-refractivity contribution in [1.82, 2.24) is 0 Å². The highest BCUT2D eigenvalue weighted by atomic mass is 16.4. The Labute approximate surface area is 94.2 Å². The van der Waals surface area contributed by atoms with Gasteiger partial charge in [-0.25, -0.2) is 4.79 Å². The van der Waals surface area contributed by atoms with Gasteiger partial charge in [-0.3, -0.25) is 0 Å². The molecular weight excluding hydrogens is 208 g/mol. The highest BCUT2D eigenvalue weighted by Gasteiger charge is 2.44. The van der Waals surface area contributed by atoms with Crippen LogP contribution >= 0.6 is 0 Å². The van der Waals surface area contributed by atoms with Crippen LogP contribution in [0, 0.1) is 0 Å². The number of benzene rings is 1. The van der Waals surface area contributed by atoms with Gasteiger partial charge in [-0.1, -0.05) is 43.7 Å². The lowest BCUT2D eigenvalue weighted by Gasteiger charge is -2.29. The van der Waals surface area contributed by atoms with Crippen molar-refractivity contribution in [1.29, 1.82) is 0 Å². The van der Waals surface area contributed by atoms with Crippen molar-refractivity contribution in [2.75, 3.05) is 0 Å². The van der Waals surface area contributed by atoms with Gasteiger partial charge in [0.25, 0.3) is 0 Å². The molecule has 1 aromatic carbocycles. The summed E-state index contributed by atoms with van der Waals surface area (Å²) in [7, 11) is 0. The Morgan fingerprint density at radius 3 is 2.38 bits per heavy atom. The first-order chi connectivity index (χ1) is 7.53. The fourth-order valence-corrected chi connectivity index (χ4v) is 1.63. The number of carbonyl (C=O) groups is 1. The third kappa shape index (κ3) is 2.23. The van der Waals surface area contributed by atoms with E-state index in [-0.39, 0.29) is 12.0 Å². The van der Waals surface area contributed by atoms with Crippen molar-refractivity contribution in [2.24, 2.45) is 0 Å². The summed E-state index contributed by atoms with van der Waals surface area (Å²) in [5, 5.41) is 28.9. The monoisotopic (exact) mass is 224 g/mol. The molecule has 0 aromatic heterocycles. The Kier molecular flexibility index (Phi) is 4.04. The topological polar surface area (TPSA) is 77.8 Å². The minimum Gasteiger partial charge on any atom is -0.479 e. The van der Waals surface area contributed by atoms with Crippen LogP contribution < -0.4 is 0 Å². The standard InChI is InChI=1S/C12H16O4/c1-2-6-10(13)12(16,11(14)15)9-7-4-3-5-8-9/h3-5,7-8,10,13,16H,2,6H2,1H3,(H,14,15)/t10-,12-/m0/s1. The smallest absolute Gasteiger partial charge is 0.343 e. The van der Waals surface area contributed by atoms with Gasteiger partial charge in [0, 0.05) is 0 Å². The number of carboxylic acids is 1. The Hall–Kier alpha value is -1.39. The minimum absolute atomic E-state index is 0.198. The van der Waals surface area contributed by atoms with E-state index < -0.39 is 17.7 Å². The van der Waals surface area contributed by atoms with E-state index in [1.165, 1.54) is 12.1 Å². The van der Waals surface area contributed by atoms with E-state index in [0.29, 0.717) is 6.42 Å². The zero-order chi connectivity index (χ0) is 12.2. The Morgan fingerprint density at radius 1 is 1.38 bits per heavy atom. The first-order valence-corrected chi connectivity index (χ1v) is 5.22. The molecule has 4 heteroatoms. The third-order valence-electron chi connectivity index (χ3n) is 2.58. The maximum Gasteiger partial charge on any atom is 0.343 e. The largest absolute Gasteiger partial charge is 0.479 e. The molecule has 16 heavy (non-hydrogen) atoms. The minimum atomic E-state index is -2.22. The molecule has 4 nitrogen and oxygen atoms in total. The molecule has 0 fully saturated rings. The van der Waals surface area contributed by atoms with E-state index in [9.17, 15) is 15.0 Å². The molecule has 0 heterocycles. The van der Waals surface area contributed by atoms with Crippen molar-refractivity contribution < 1.29 is 20.1 Å². The van der Waals surface area contributed by atoms with Gasteiger partial charge >= 0.3 is 5.97 Å². The molecular formula is C12H16O4. The summed E-state index contributed by atoms with van der Waals surface area (Å²) in [6, 6.07) is 7.96. The van der Waals surface area contributed by atoms with Crippen LogP contribution in [0.5, 0.6) is 0 Å². The summed E-state index contributed by atoms with van der Waals surface area (Å²) in [4.78, 5) is 11.1. The number of rotatable bonds is 5. The van der Waals surface area contributed by atoms with Crippen molar-refractivity contribution in [2.45, 2.75) is 31.5 Å². The molecule has 0 aliphatic carbocycles. The van der Waals surface area contributed by atoms with Crippen LogP contribution in [0.2, 0.25) is 0 Å². The number of aliphatic hydroxyl groups excluding tert-OH is 1. The summed E-state index contributed by atoms with van der Waals surface area (Å²) in [6.07, 6.45) is -0.473. The van der Waals surface area contributed by atoms with Crippen molar-refractivity contribution in [3.8, 4) is 0 Å². The Bertz CT molecular complexity index is 349. The van der Waals surface area contributed by atoms with E-state index in [0.717, 1.165) is 0 Å². The van der Waals surface area contributed by atoms with Crippen LogP contribution in [-0.2, 0) is 10.4 Å². The highest BCUT2D eigenvalue weighted by molar-refractivity contribution is 5.80. The van der Waals surface area contributed by atoms with Gasteiger partial charge in [-0.15, -0.1) is 0 Å². The Morgan fingerprint density at radius 2 is 1.94 bits per heavy atom. The fourth-order valence-electron chi connectivity index (χ4n) is 1.63. The SMILES string of the molecule is CCC[C@H](O)[C@](O)(C(=O)O)c1ccccc1. The van der Waals surface area contributed by atoms with E-state index in [2.05, 4.69) is 0 Å². The van der Waals surface area contributed by atoms with Gasteiger partial charge < -0.3 is 15.3 Å². The second kappa shape index (κ2) is 5.09. The maximum absolute atomic E-state index is 11.1. The predicted molar refractivity (Wildman–Crippen MR) is 58.9 cm³/mol. The van der Waals surface area contributed by atoms with Crippen LogP contribution in [-0.4, -0.2) is 27.4 Å². The lowest BCUT2D eigenvalue weighted by molar-refractivity contribution is -0.174. The number of aliphatic carboxylic acids is 1. The van der Waals surface area contributed by atoms with Gasteiger partial charge in [0.1, 0.15) is 0 Å².